The summed E-state index contributed by atoms with van der Waals surface area (Å²) in [4.78, 5) is 23.4. The van der Waals surface area contributed by atoms with Gasteiger partial charge in [-0.25, -0.2) is 4.79 Å². The molecule has 3 amide bonds. The van der Waals surface area contributed by atoms with Gasteiger partial charge in [0.2, 0.25) is 0 Å². The summed E-state index contributed by atoms with van der Waals surface area (Å²) in [5.41, 5.74) is 1.08. The Kier molecular flexibility index (Phi) is 2.29. The fourth-order valence-electron chi connectivity index (χ4n) is 2.86. The van der Waals surface area contributed by atoms with Gasteiger partial charge in [0, 0.05) is 0 Å². The smallest absolute Gasteiger partial charge is 0.322 e. The molecule has 1 atom stereocenters. The molecule has 0 bridgehead atoms. The molecule has 0 aromatic heterocycles. The number of fused-ring (bicyclic) bond motifs is 2. The molecule has 1 aromatic rings. The van der Waals surface area contributed by atoms with Crippen molar-refractivity contribution >= 4 is 11.9 Å². The van der Waals surface area contributed by atoms with E-state index in [4.69, 9.17) is 4.74 Å². The molecule has 1 saturated heterocycles. The zero-order chi connectivity index (χ0) is 12.8. The Morgan fingerprint density at radius 1 is 1.33 bits per heavy atom. The number of urea groups is 1. The Labute approximate surface area is 105 Å². The van der Waals surface area contributed by atoms with Crippen molar-refractivity contribution in [2.45, 2.75) is 24.8 Å². The van der Waals surface area contributed by atoms with Crippen LogP contribution in [0.3, 0.4) is 0 Å². The summed E-state index contributed by atoms with van der Waals surface area (Å²) in [5, 5.41) is 5.10. The van der Waals surface area contributed by atoms with Gasteiger partial charge in [-0.05, 0) is 42.5 Å². The third kappa shape index (κ3) is 1.40. The van der Waals surface area contributed by atoms with Crippen LogP contribution in [0.5, 0.6) is 5.75 Å². The van der Waals surface area contributed by atoms with E-state index in [0.717, 1.165) is 29.7 Å². The van der Waals surface area contributed by atoms with Crippen LogP contribution in [0, 0.1) is 0 Å². The Hall–Kier alpha value is -2.04. The predicted molar refractivity (Wildman–Crippen MR) is 64.3 cm³/mol. The summed E-state index contributed by atoms with van der Waals surface area (Å²) in [6, 6.07) is 5.22. The van der Waals surface area contributed by atoms with Gasteiger partial charge in [-0.1, -0.05) is 6.07 Å². The SMILES string of the molecule is COc1ccc2c(c1)CCC[C@]21NC(=O)NC1=O. The third-order valence-corrected chi connectivity index (χ3v) is 3.71. The highest BCUT2D eigenvalue weighted by atomic mass is 16.5. The van der Waals surface area contributed by atoms with E-state index in [-0.39, 0.29) is 5.91 Å². The molecular formula is C13H14N2O3. The van der Waals surface area contributed by atoms with Gasteiger partial charge in [0.25, 0.3) is 5.91 Å². The highest BCUT2D eigenvalue weighted by molar-refractivity contribution is 6.07. The standard InChI is InChI=1S/C13H14N2O3/c1-18-9-4-5-10-8(7-9)3-2-6-13(10)11(16)14-12(17)15-13/h4-5,7H,2-3,6H2,1H3,(H2,14,15,16,17)/t13-/m0/s1. The number of carbonyl (C=O) groups excluding carboxylic acids is 2. The Morgan fingerprint density at radius 2 is 2.17 bits per heavy atom. The van der Waals surface area contributed by atoms with E-state index in [2.05, 4.69) is 10.6 Å². The number of methoxy groups -OCH3 is 1. The zero-order valence-electron chi connectivity index (χ0n) is 10.1. The van der Waals surface area contributed by atoms with Crippen LogP contribution in [0.25, 0.3) is 0 Å². The van der Waals surface area contributed by atoms with E-state index in [1.54, 1.807) is 7.11 Å². The lowest BCUT2D eigenvalue weighted by atomic mass is 9.76. The van der Waals surface area contributed by atoms with Crippen LogP contribution in [0.4, 0.5) is 4.79 Å². The van der Waals surface area contributed by atoms with Crippen molar-refractivity contribution in [2.24, 2.45) is 0 Å². The molecule has 1 heterocycles. The van der Waals surface area contributed by atoms with Gasteiger partial charge in [-0.2, -0.15) is 0 Å². The van der Waals surface area contributed by atoms with Crippen molar-refractivity contribution in [2.75, 3.05) is 7.11 Å². The Morgan fingerprint density at radius 3 is 2.83 bits per heavy atom. The van der Waals surface area contributed by atoms with Crippen LogP contribution < -0.4 is 15.4 Å². The maximum Gasteiger partial charge on any atom is 0.322 e. The Bertz CT molecular complexity index is 541. The normalized spacial score (nSPS) is 25.6. The monoisotopic (exact) mass is 246 g/mol. The molecule has 0 radical (unpaired) electrons. The summed E-state index contributed by atoms with van der Waals surface area (Å²) < 4.78 is 5.19. The molecule has 0 unspecified atom stereocenters. The maximum absolute atomic E-state index is 12.1. The number of imide groups is 1. The summed E-state index contributed by atoms with van der Waals surface area (Å²) >= 11 is 0. The molecule has 0 saturated carbocycles. The van der Waals surface area contributed by atoms with Gasteiger partial charge in [-0.3, -0.25) is 10.1 Å². The highest BCUT2D eigenvalue weighted by Crippen LogP contribution is 2.38. The molecule has 5 nitrogen and oxygen atoms in total. The number of hydrogen-bond donors (Lipinski definition) is 2. The zero-order valence-corrected chi connectivity index (χ0v) is 10.1. The van der Waals surface area contributed by atoms with Crippen LogP contribution in [0.15, 0.2) is 18.2 Å². The van der Waals surface area contributed by atoms with Crippen LogP contribution in [0.2, 0.25) is 0 Å². The predicted octanol–water partition coefficient (Wildman–Crippen LogP) is 1.07. The van der Waals surface area contributed by atoms with Crippen LogP contribution in [0.1, 0.15) is 24.0 Å². The van der Waals surface area contributed by atoms with Crippen LogP contribution in [-0.2, 0) is 16.8 Å². The van der Waals surface area contributed by atoms with E-state index >= 15 is 0 Å². The lowest BCUT2D eigenvalue weighted by Crippen LogP contribution is -2.46. The largest absolute Gasteiger partial charge is 0.497 e. The minimum atomic E-state index is -0.878. The minimum Gasteiger partial charge on any atom is -0.497 e. The summed E-state index contributed by atoms with van der Waals surface area (Å²) in [6.07, 6.45) is 2.41. The number of aryl methyl sites for hydroxylation is 1. The summed E-state index contributed by atoms with van der Waals surface area (Å²) in [7, 11) is 1.62. The topological polar surface area (TPSA) is 67.4 Å². The number of rotatable bonds is 1. The molecule has 5 heteroatoms. The summed E-state index contributed by atoms with van der Waals surface area (Å²) in [6.45, 7) is 0. The van der Waals surface area contributed by atoms with Gasteiger partial charge in [0.15, 0.2) is 0 Å². The van der Waals surface area contributed by atoms with Crippen molar-refractivity contribution in [1.82, 2.24) is 10.6 Å². The molecule has 1 spiro atoms. The lowest BCUT2D eigenvalue weighted by Gasteiger charge is -2.33. The van der Waals surface area contributed by atoms with E-state index in [0.29, 0.717) is 6.42 Å². The van der Waals surface area contributed by atoms with E-state index < -0.39 is 11.6 Å². The van der Waals surface area contributed by atoms with Crippen molar-refractivity contribution in [3.63, 3.8) is 0 Å². The summed E-state index contributed by atoms with van der Waals surface area (Å²) in [5.74, 6) is 0.522. The molecule has 1 aliphatic heterocycles. The van der Waals surface area contributed by atoms with Crippen molar-refractivity contribution in [1.29, 1.82) is 0 Å². The highest BCUT2D eigenvalue weighted by Gasteiger charge is 2.49. The van der Waals surface area contributed by atoms with Crippen LogP contribution >= 0.6 is 0 Å². The fourth-order valence-corrected chi connectivity index (χ4v) is 2.86. The quantitative estimate of drug-likeness (QED) is 0.728. The van der Waals surface area contributed by atoms with Gasteiger partial charge in [0.05, 0.1) is 7.11 Å². The number of nitrogens with one attached hydrogen (secondary N) is 2. The molecule has 18 heavy (non-hydrogen) atoms. The fraction of sp³-hybridized carbons (Fsp3) is 0.385. The average Bonchev–Trinajstić information content (AvgIpc) is 2.64. The molecule has 1 fully saturated rings. The number of hydrogen-bond acceptors (Lipinski definition) is 3. The molecule has 94 valence electrons. The van der Waals surface area contributed by atoms with Gasteiger partial charge in [0.1, 0.15) is 11.3 Å². The number of benzene rings is 1. The van der Waals surface area contributed by atoms with E-state index in [9.17, 15) is 9.59 Å². The van der Waals surface area contributed by atoms with E-state index in [1.807, 2.05) is 18.2 Å². The molecule has 1 aliphatic carbocycles. The van der Waals surface area contributed by atoms with Crippen molar-refractivity contribution in [3.8, 4) is 5.75 Å². The number of carbonyl (C=O) groups is 2. The second kappa shape index (κ2) is 3.73. The molecule has 2 aliphatic rings. The molecule has 2 N–H and O–H groups in total. The van der Waals surface area contributed by atoms with Gasteiger partial charge < -0.3 is 10.1 Å². The first-order valence-electron chi connectivity index (χ1n) is 5.97. The van der Waals surface area contributed by atoms with Gasteiger partial charge in [-0.15, -0.1) is 0 Å². The maximum atomic E-state index is 12.1. The van der Waals surface area contributed by atoms with Gasteiger partial charge >= 0.3 is 6.03 Å². The third-order valence-electron chi connectivity index (χ3n) is 3.71. The lowest BCUT2D eigenvalue weighted by molar-refractivity contribution is -0.124. The molecule has 3 rings (SSSR count). The minimum absolute atomic E-state index is 0.251. The first kappa shape index (κ1) is 11.1. The second-order valence-electron chi connectivity index (χ2n) is 4.69. The first-order valence-corrected chi connectivity index (χ1v) is 5.97. The second-order valence-corrected chi connectivity index (χ2v) is 4.69. The molecular weight excluding hydrogens is 232 g/mol. The first-order chi connectivity index (χ1) is 8.65. The average molecular weight is 246 g/mol. The van der Waals surface area contributed by atoms with Crippen molar-refractivity contribution in [3.05, 3.63) is 29.3 Å². The van der Waals surface area contributed by atoms with E-state index in [1.165, 1.54) is 0 Å². The molecule has 1 aromatic carbocycles. The number of ether oxygens (including phenoxy) is 1. The number of amides is 3. The van der Waals surface area contributed by atoms with Crippen LogP contribution in [-0.4, -0.2) is 19.0 Å². The van der Waals surface area contributed by atoms with Crippen molar-refractivity contribution < 1.29 is 14.3 Å². The Balaban J connectivity index is 2.12.